The summed E-state index contributed by atoms with van der Waals surface area (Å²) < 4.78 is 43.5. The second-order valence-corrected chi connectivity index (χ2v) is 11.0. The van der Waals surface area contributed by atoms with Crippen LogP contribution >= 0.6 is 0 Å². The fraction of sp³-hybridized carbons (Fsp3) is 0.550. The predicted octanol–water partition coefficient (Wildman–Crippen LogP) is 3.54. The van der Waals surface area contributed by atoms with Gasteiger partial charge in [0, 0.05) is 25.0 Å². The molecule has 0 atom stereocenters. The summed E-state index contributed by atoms with van der Waals surface area (Å²) in [7, 11) is -7.42. The Bertz CT molecular complexity index is 784. The molecule has 9 heteroatoms. The molecule has 1 aromatic rings. The lowest BCUT2D eigenvalue weighted by atomic mass is 10.2. The minimum atomic E-state index is -3.87. The van der Waals surface area contributed by atoms with Crippen molar-refractivity contribution in [1.82, 2.24) is 0 Å². The number of sulfone groups is 1. The molecular weight excluding hydrogens is 412 g/mol. The van der Waals surface area contributed by atoms with Crippen molar-refractivity contribution in [3.05, 3.63) is 40.6 Å². The van der Waals surface area contributed by atoms with Crippen molar-refractivity contribution in [1.29, 1.82) is 0 Å². The number of hydrogen-bond donors (Lipinski definition) is 1. The highest BCUT2D eigenvalue weighted by Crippen LogP contribution is 2.29. The van der Waals surface area contributed by atoms with E-state index in [9.17, 15) is 18.3 Å². The van der Waals surface area contributed by atoms with Gasteiger partial charge in [0.1, 0.15) is 0 Å². The maximum Gasteiger partial charge on any atom is 0.533 e. The van der Waals surface area contributed by atoms with Crippen molar-refractivity contribution in [3.63, 3.8) is 0 Å². The second-order valence-electron chi connectivity index (χ2n) is 6.44. The molecule has 0 saturated carbocycles. The van der Waals surface area contributed by atoms with Crippen LogP contribution in [0.25, 0.3) is 0 Å². The van der Waals surface area contributed by atoms with Crippen LogP contribution in [0.1, 0.15) is 46.1 Å². The van der Waals surface area contributed by atoms with Crippen LogP contribution in [0.15, 0.2) is 39.9 Å². The van der Waals surface area contributed by atoms with Crippen molar-refractivity contribution in [3.8, 4) is 0 Å². The highest BCUT2D eigenvalue weighted by atomic mass is 32.2. The summed E-state index contributed by atoms with van der Waals surface area (Å²) in [6.07, 6.45) is 0.913. The van der Waals surface area contributed by atoms with Crippen molar-refractivity contribution in [2.24, 2.45) is 0 Å². The van der Waals surface area contributed by atoms with E-state index >= 15 is 0 Å². The fourth-order valence-electron chi connectivity index (χ4n) is 2.99. The van der Waals surface area contributed by atoms with E-state index in [4.69, 9.17) is 13.3 Å². The molecule has 7 nitrogen and oxygen atoms in total. The van der Waals surface area contributed by atoms with Crippen LogP contribution < -0.4 is 0 Å². The molecule has 0 heterocycles. The standard InChI is InChI=1S/C20H32O7SSi/c1-6-10-19(29(25-7-2,26-8-3)27-9-4)18(20(21)22)15-28(23,24)17-13-11-16(5)12-14-17/h11-14H,6-10,15H2,1-5H3,(H,21,22). The molecule has 1 rings (SSSR count). The van der Waals surface area contributed by atoms with Gasteiger partial charge in [-0.25, -0.2) is 13.2 Å². The number of carboxylic acids is 1. The van der Waals surface area contributed by atoms with Crippen LogP contribution in [0, 0.1) is 6.92 Å². The van der Waals surface area contributed by atoms with E-state index in [-0.39, 0.29) is 30.3 Å². The van der Waals surface area contributed by atoms with E-state index in [1.54, 1.807) is 32.9 Å². The van der Waals surface area contributed by atoms with E-state index in [1.165, 1.54) is 12.1 Å². The Balaban J connectivity index is 3.62. The molecule has 0 aliphatic heterocycles. The summed E-state index contributed by atoms with van der Waals surface area (Å²) >= 11 is 0. The zero-order valence-corrected chi connectivity index (χ0v) is 19.7. The van der Waals surface area contributed by atoms with Crippen LogP contribution in [-0.2, 0) is 27.9 Å². The lowest BCUT2D eigenvalue weighted by Crippen LogP contribution is -2.50. The van der Waals surface area contributed by atoms with Crippen molar-refractivity contribution >= 4 is 24.6 Å². The molecule has 0 unspecified atom stereocenters. The summed E-state index contributed by atoms with van der Waals surface area (Å²) in [6.45, 7) is 9.83. The summed E-state index contributed by atoms with van der Waals surface area (Å²) in [5.74, 6) is -1.96. The van der Waals surface area contributed by atoms with Gasteiger partial charge in [-0.1, -0.05) is 31.0 Å². The smallest absolute Gasteiger partial charge is 0.478 e. The number of carboxylic acid groups (broad SMARTS) is 1. The fourth-order valence-corrected chi connectivity index (χ4v) is 7.55. The molecule has 0 fully saturated rings. The van der Waals surface area contributed by atoms with Gasteiger partial charge in [-0.2, -0.15) is 0 Å². The Morgan fingerprint density at radius 3 is 1.83 bits per heavy atom. The second kappa shape index (κ2) is 11.6. The molecule has 0 saturated heterocycles. The molecule has 29 heavy (non-hydrogen) atoms. The summed E-state index contributed by atoms with van der Waals surface area (Å²) in [5, 5.41) is 10.3. The first-order chi connectivity index (χ1) is 13.7. The molecule has 0 spiro atoms. The lowest BCUT2D eigenvalue weighted by molar-refractivity contribution is -0.132. The van der Waals surface area contributed by atoms with E-state index in [0.29, 0.717) is 18.0 Å². The van der Waals surface area contributed by atoms with Crippen molar-refractivity contribution in [2.75, 3.05) is 25.6 Å². The molecule has 1 N–H and O–H groups in total. The molecule has 0 aromatic heterocycles. The molecule has 1 aromatic carbocycles. The normalized spacial score (nSPS) is 13.3. The van der Waals surface area contributed by atoms with Gasteiger partial charge in [0.05, 0.1) is 16.2 Å². The van der Waals surface area contributed by atoms with E-state index < -0.39 is 30.4 Å². The number of rotatable bonds is 13. The maximum absolute atomic E-state index is 13.0. The van der Waals surface area contributed by atoms with Gasteiger partial charge >= 0.3 is 14.8 Å². The first-order valence-corrected chi connectivity index (χ1v) is 13.2. The van der Waals surface area contributed by atoms with E-state index in [2.05, 4.69) is 0 Å². The minimum Gasteiger partial charge on any atom is -0.478 e. The molecule has 0 amide bonds. The average Bonchev–Trinajstić information content (AvgIpc) is 2.65. The molecule has 0 radical (unpaired) electrons. The number of carbonyl (C=O) groups is 1. The third kappa shape index (κ3) is 6.75. The highest BCUT2D eigenvalue weighted by Gasteiger charge is 2.48. The quantitative estimate of drug-likeness (QED) is 0.367. The van der Waals surface area contributed by atoms with Crippen LogP contribution in [0.5, 0.6) is 0 Å². The molecule has 0 aliphatic rings. The summed E-state index contributed by atoms with van der Waals surface area (Å²) in [4.78, 5) is 12.2. The van der Waals surface area contributed by atoms with Gasteiger partial charge in [-0.15, -0.1) is 0 Å². The third-order valence-corrected chi connectivity index (χ3v) is 9.17. The highest BCUT2D eigenvalue weighted by molar-refractivity contribution is 7.91. The third-order valence-electron chi connectivity index (χ3n) is 4.21. The number of benzene rings is 1. The number of hydrogen-bond acceptors (Lipinski definition) is 6. The van der Waals surface area contributed by atoms with Gasteiger partial charge < -0.3 is 18.4 Å². The van der Waals surface area contributed by atoms with Crippen LogP contribution in [-0.4, -0.2) is 53.9 Å². The SMILES string of the molecule is CCCC(=C(CS(=O)(=O)c1ccc(C)cc1)C(=O)O)[Si](OCC)(OCC)OCC. The molecular formula is C20H32O7SSi. The van der Waals surface area contributed by atoms with E-state index in [0.717, 1.165) is 5.56 Å². The van der Waals surface area contributed by atoms with Gasteiger partial charge in [-0.3, -0.25) is 0 Å². The maximum atomic E-state index is 13.0. The van der Waals surface area contributed by atoms with Gasteiger partial charge in [0.2, 0.25) is 0 Å². The topological polar surface area (TPSA) is 99.1 Å². The van der Waals surface area contributed by atoms with Crippen molar-refractivity contribution < 1.29 is 31.6 Å². The first-order valence-electron chi connectivity index (χ1n) is 9.84. The van der Waals surface area contributed by atoms with Gasteiger partial charge in [0.25, 0.3) is 0 Å². The monoisotopic (exact) mass is 444 g/mol. The largest absolute Gasteiger partial charge is 0.533 e. The molecule has 0 aliphatic carbocycles. The summed E-state index contributed by atoms with van der Waals surface area (Å²) in [5.41, 5.74) is 0.689. The minimum absolute atomic E-state index is 0.0780. The average molecular weight is 445 g/mol. The Hall–Kier alpha value is -1.52. The van der Waals surface area contributed by atoms with E-state index in [1.807, 2.05) is 13.8 Å². The zero-order chi connectivity index (χ0) is 22.1. The number of aliphatic carboxylic acids is 1. The Kier molecular flexibility index (Phi) is 10.2. The van der Waals surface area contributed by atoms with Crippen LogP contribution in [0.4, 0.5) is 0 Å². The molecule has 164 valence electrons. The summed E-state index contributed by atoms with van der Waals surface area (Å²) in [6, 6.07) is 6.34. The van der Waals surface area contributed by atoms with Crippen molar-refractivity contribution in [2.45, 2.75) is 52.4 Å². The van der Waals surface area contributed by atoms with Crippen LogP contribution in [0.2, 0.25) is 0 Å². The molecule has 0 bridgehead atoms. The lowest BCUT2D eigenvalue weighted by Gasteiger charge is -2.31. The van der Waals surface area contributed by atoms with Crippen LogP contribution in [0.3, 0.4) is 0 Å². The Morgan fingerprint density at radius 1 is 0.966 bits per heavy atom. The van der Waals surface area contributed by atoms with Gasteiger partial charge in [0.15, 0.2) is 9.84 Å². The predicted molar refractivity (Wildman–Crippen MR) is 113 cm³/mol. The number of aryl methyl sites for hydroxylation is 1. The Morgan fingerprint density at radius 2 is 1.45 bits per heavy atom. The zero-order valence-electron chi connectivity index (χ0n) is 17.9. The first kappa shape index (κ1) is 25.5. The Labute approximate surface area is 175 Å². The number of allylic oxidation sites excluding steroid dienone is 1. The van der Waals surface area contributed by atoms with Gasteiger partial charge in [-0.05, 0) is 46.2 Å².